The summed E-state index contributed by atoms with van der Waals surface area (Å²) in [6.45, 7) is 3.39. The average Bonchev–Trinajstić information content (AvgIpc) is 2.59. The summed E-state index contributed by atoms with van der Waals surface area (Å²) in [4.78, 5) is 0. The molecule has 0 unspecified atom stereocenters. The van der Waals surface area contributed by atoms with Crippen molar-refractivity contribution in [3.05, 3.63) is 36.6 Å². The molecule has 0 saturated carbocycles. The van der Waals surface area contributed by atoms with E-state index < -0.39 is 0 Å². The smallest absolute Gasteiger partial charge is 0.169 e. The van der Waals surface area contributed by atoms with E-state index in [2.05, 4.69) is 6.58 Å². The van der Waals surface area contributed by atoms with Crippen molar-refractivity contribution in [3.8, 4) is 5.75 Å². The molecule has 72 valence electrons. The summed E-state index contributed by atoms with van der Waals surface area (Å²) in [7, 11) is 1.60. The van der Waals surface area contributed by atoms with Crippen molar-refractivity contribution in [1.82, 2.24) is 0 Å². The number of benzene rings is 1. The first-order chi connectivity index (χ1) is 6.70. The summed E-state index contributed by atoms with van der Waals surface area (Å²) < 4.78 is 10.4. The lowest BCUT2D eigenvalue weighted by molar-refractivity contribution is 0.415. The summed E-state index contributed by atoms with van der Waals surface area (Å²) in [5, 5.41) is 10.0. The number of rotatable bonds is 2. The van der Waals surface area contributed by atoms with Crippen molar-refractivity contribution in [2.24, 2.45) is 0 Å². The van der Waals surface area contributed by atoms with Gasteiger partial charge in [-0.2, -0.15) is 0 Å². The summed E-state index contributed by atoms with van der Waals surface area (Å²) in [5.74, 6) is 1.07. The first kappa shape index (κ1) is 8.69. The van der Waals surface area contributed by atoms with Gasteiger partial charge in [0.1, 0.15) is 11.3 Å². The highest BCUT2D eigenvalue weighted by atomic mass is 16.5. The standard InChI is InChI=1S/C11H10O3/c1-7(12)11-6-8-5-9(13-2)3-4-10(8)14-11/h3-6,12H,1H2,2H3. The molecule has 1 heterocycles. The third-order valence-electron chi connectivity index (χ3n) is 2.01. The molecule has 1 N–H and O–H groups in total. The van der Waals surface area contributed by atoms with Crippen LogP contribution in [-0.4, -0.2) is 12.2 Å². The lowest BCUT2D eigenvalue weighted by Crippen LogP contribution is -1.79. The van der Waals surface area contributed by atoms with Crippen molar-refractivity contribution < 1.29 is 14.3 Å². The van der Waals surface area contributed by atoms with E-state index in [0.717, 1.165) is 11.1 Å². The fourth-order valence-corrected chi connectivity index (χ4v) is 1.29. The molecule has 0 atom stereocenters. The van der Waals surface area contributed by atoms with Crippen LogP contribution in [0.4, 0.5) is 0 Å². The fourth-order valence-electron chi connectivity index (χ4n) is 1.29. The fraction of sp³-hybridized carbons (Fsp3) is 0.0909. The largest absolute Gasteiger partial charge is 0.505 e. The van der Waals surface area contributed by atoms with Crippen molar-refractivity contribution in [2.75, 3.05) is 7.11 Å². The SMILES string of the molecule is C=C(O)c1cc2cc(OC)ccc2o1. The maximum Gasteiger partial charge on any atom is 0.169 e. The van der Waals surface area contributed by atoms with Crippen LogP contribution in [0.2, 0.25) is 0 Å². The number of furan rings is 1. The minimum atomic E-state index is -0.0693. The third-order valence-corrected chi connectivity index (χ3v) is 2.01. The normalized spacial score (nSPS) is 10.4. The predicted molar refractivity (Wildman–Crippen MR) is 54.4 cm³/mol. The van der Waals surface area contributed by atoms with Crippen molar-refractivity contribution in [3.63, 3.8) is 0 Å². The summed E-state index contributed by atoms with van der Waals surface area (Å²) in [6.07, 6.45) is 0. The molecular weight excluding hydrogens is 180 g/mol. The zero-order valence-corrected chi connectivity index (χ0v) is 7.78. The van der Waals surface area contributed by atoms with Crippen LogP contribution in [0.1, 0.15) is 5.76 Å². The van der Waals surface area contributed by atoms with Crippen LogP contribution in [0.15, 0.2) is 35.3 Å². The Morgan fingerprint density at radius 3 is 2.86 bits per heavy atom. The lowest BCUT2D eigenvalue weighted by atomic mass is 10.2. The van der Waals surface area contributed by atoms with Gasteiger partial charge in [0, 0.05) is 5.39 Å². The molecule has 0 aliphatic heterocycles. The zero-order chi connectivity index (χ0) is 10.1. The molecule has 0 saturated heterocycles. The van der Waals surface area contributed by atoms with Crippen LogP contribution < -0.4 is 4.74 Å². The van der Waals surface area contributed by atoms with E-state index in [-0.39, 0.29) is 5.76 Å². The van der Waals surface area contributed by atoms with Crippen molar-refractivity contribution in [2.45, 2.75) is 0 Å². The maximum absolute atomic E-state index is 9.13. The van der Waals surface area contributed by atoms with Gasteiger partial charge in [-0.05, 0) is 24.3 Å². The first-order valence-electron chi connectivity index (χ1n) is 4.16. The molecule has 2 aromatic rings. The molecule has 0 bridgehead atoms. The van der Waals surface area contributed by atoms with Crippen LogP contribution in [-0.2, 0) is 0 Å². The zero-order valence-electron chi connectivity index (χ0n) is 7.78. The number of ether oxygens (including phenoxy) is 1. The van der Waals surface area contributed by atoms with Crippen LogP contribution >= 0.6 is 0 Å². The number of hydrogen-bond acceptors (Lipinski definition) is 3. The predicted octanol–water partition coefficient (Wildman–Crippen LogP) is 2.97. The second-order valence-electron chi connectivity index (χ2n) is 2.96. The van der Waals surface area contributed by atoms with E-state index >= 15 is 0 Å². The lowest BCUT2D eigenvalue weighted by Gasteiger charge is -1.96. The van der Waals surface area contributed by atoms with Gasteiger partial charge in [0.2, 0.25) is 0 Å². The maximum atomic E-state index is 9.13. The van der Waals surface area contributed by atoms with Crippen LogP contribution in [0, 0.1) is 0 Å². The van der Waals surface area contributed by atoms with Gasteiger partial charge in [0.25, 0.3) is 0 Å². The Hall–Kier alpha value is -1.90. The Balaban J connectivity index is 2.60. The summed E-state index contributed by atoms with van der Waals surface area (Å²) in [5.41, 5.74) is 0.705. The number of fused-ring (bicyclic) bond motifs is 1. The Morgan fingerprint density at radius 1 is 1.43 bits per heavy atom. The highest BCUT2D eigenvalue weighted by Gasteiger charge is 2.06. The first-order valence-corrected chi connectivity index (χ1v) is 4.16. The molecule has 0 spiro atoms. The van der Waals surface area contributed by atoms with Gasteiger partial charge in [-0.1, -0.05) is 6.58 Å². The van der Waals surface area contributed by atoms with E-state index in [1.807, 2.05) is 6.07 Å². The van der Waals surface area contributed by atoms with Gasteiger partial charge in [-0.3, -0.25) is 0 Å². The van der Waals surface area contributed by atoms with Gasteiger partial charge < -0.3 is 14.3 Å². The molecule has 0 radical (unpaired) electrons. The van der Waals surface area contributed by atoms with Gasteiger partial charge in [0.05, 0.1) is 7.11 Å². The second kappa shape index (κ2) is 3.10. The number of hydrogen-bond donors (Lipinski definition) is 1. The Morgan fingerprint density at radius 2 is 2.21 bits per heavy atom. The van der Waals surface area contributed by atoms with Crippen molar-refractivity contribution >= 4 is 16.7 Å². The van der Waals surface area contributed by atoms with E-state index in [0.29, 0.717) is 11.3 Å². The van der Waals surface area contributed by atoms with Gasteiger partial charge >= 0.3 is 0 Å². The molecule has 0 fully saturated rings. The Kier molecular flexibility index (Phi) is 1.93. The molecule has 3 nitrogen and oxygen atoms in total. The molecule has 14 heavy (non-hydrogen) atoms. The third kappa shape index (κ3) is 1.33. The number of aliphatic hydroxyl groups excluding tert-OH is 1. The van der Waals surface area contributed by atoms with E-state index in [9.17, 15) is 0 Å². The van der Waals surface area contributed by atoms with E-state index in [4.69, 9.17) is 14.3 Å². The minimum absolute atomic E-state index is 0.0693. The highest BCUT2D eigenvalue weighted by Crippen LogP contribution is 2.26. The Bertz CT molecular complexity index is 482. The molecular formula is C11H10O3. The molecule has 1 aromatic heterocycles. The summed E-state index contributed by atoms with van der Waals surface area (Å²) >= 11 is 0. The monoisotopic (exact) mass is 190 g/mol. The van der Waals surface area contributed by atoms with E-state index in [1.165, 1.54) is 0 Å². The second-order valence-corrected chi connectivity index (χ2v) is 2.96. The van der Waals surface area contributed by atoms with Gasteiger partial charge in [0.15, 0.2) is 11.5 Å². The van der Waals surface area contributed by atoms with Crippen LogP contribution in [0.25, 0.3) is 16.7 Å². The quantitative estimate of drug-likeness (QED) is 0.740. The molecule has 2 rings (SSSR count). The van der Waals surface area contributed by atoms with Crippen LogP contribution in [0.3, 0.4) is 0 Å². The molecule has 1 aromatic carbocycles. The van der Waals surface area contributed by atoms with Gasteiger partial charge in [-0.25, -0.2) is 0 Å². The average molecular weight is 190 g/mol. The topological polar surface area (TPSA) is 42.6 Å². The number of methoxy groups -OCH3 is 1. The highest BCUT2D eigenvalue weighted by molar-refractivity contribution is 5.82. The number of aliphatic hydroxyl groups is 1. The van der Waals surface area contributed by atoms with Crippen molar-refractivity contribution in [1.29, 1.82) is 0 Å². The molecule has 0 amide bonds. The van der Waals surface area contributed by atoms with Gasteiger partial charge in [-0.15, -0.1) is 0 Å². The Labute approximate surface area is 81.2 Å². The van der Waals surface area contributed by atoms with Crippen LogP contribution in [0.5, 0.6) is 5.75 Å². The van der Waals surface area contributed by atoms with E-state index in [1.54, 1.807) is 25.3 Å². The molecule has 0 aliphatic rings. The minimum Gasteiger partial charge on any atom is -0.505 e. The summed E-state index contributed by atoms with van der Waals surface area (Å²) in [6, 6.07) is 7.15. The molecule has 0 aliphatic carbocycles. The molecule has 3 heteroatoms.